The SMILES string of the molecule is COc1ccccc1CNC(=O)c1ccc(N2C(=O)CCS2(=O)=O)cc1. The van der Waals surface area contributed by atoms with Crippen LogP contribution in [0.1, 0.15) is 22.3 Å². The number of sulfonamides is 1. The third kappa shape index (κ3) is 3.55. The fraction of sp³-hybridized carbons (Fsp3) is 0.222. The lowest BCUT2D eigenvalue weighted by Crippen LogP contribution is -2.29. The van der Waals surface area contributed by atoms with Crippen molar-refractivity contribution in [2.45, 2.75) is 13.0 Å². The summed E-state index contributed by atoms with van der Waals surface area (Å²) in [4.78, 5) is 24.1. The van der Waals surface area contributed by atoms with Gasteiger partial charge < -0.3 is 10.1 Å². The van der Waals surface area contributed by atoms with Crippen LogP contribution in [0, 0.1) is 0 Å². The van der Waals surface area contributed by atoms with Gasteiger partial charge in [0.1, 0.15) is 5.75 Å². The van der Waals surface area contributed by atoms with Gasteiger partial charge in [0.15, 0.2) is 0 Å². The minimum Gasteiger partial charge on any atom is -0.496 e. The van der Waals surface area contributed by atoms with Crippen LogP contribution in [0.5, 0.6) is 5.75 Å². The average Bonchev–Trinajstić information content (AvgIpc) is 2.92. The number of hydrogen-bond acceptors (Lipinski definition) is 5. The lowest BCUT2D eigenvalue weighted by molar-refractivity contribution is -0.116. The highest BCUT2D eigenvalue weighted by molar-refractivity contribution is 7.94. The largest absolute Gasteiger partial charge is 0.496 e. The zero-order valence-electron chi connectivity index (χ0n) is 14.1. The Balaban J connectivity index is 1.70. The fourth-order valence-electron chi connectivity index (χ4n) is 2.74. The molecule has 7 nitrogen and oxygen atoms in total. The van der Waals surface area contributed by atoms with Crippen molar-refractivity contribution in [3.63, 3.8) is 0 Å². The first-order valence-electron chi connectivity index (χ1n) is 7.98. The summed E-state index contributed by atoms with van der Waals surface area (Å²) in [5.74, 6) is -0.273. The number of anilines is 1. The van der Waals surface area contributed by atoms with Crippen LogP contribution in [0.15, 0.2) is 48.5 Å². The van der Waals surface area contributed by atoms with E-state index in [4.69, 9.17) is 4.74 Å². The minimum atomic E-state index is -3.61. The van der Waals surface area contributed by atoms with Crippen LogP contribution in [0.4, 0.5) is 5.69 Å². The van der Waals surface area contributed by atoms with Gasteiger partial charge in [-0.25, -0.2) is 12.7 Å². The predicted molar refractivity (Wildman–Crippen MR) is 96.5 cm³/mol. The number of hydrogen-bond donors (Lipinski definition) is 1. The number of nitrogens with one attached hydrogen (secondary N) is 1. The minimum absolute atomic E-state index is 0.0243. The van der Waals surface area contributed by atoms with Crippen molar-refractivity contribution >= 4 is 27.5 Å². The third-order valence-electron chi connectivity index (χ3n) is 4.07. The monoisotopic (exact) mass is 374 g/mol. The molecule has 0 saturated carbocycles. The molecule has 1 heterocycles. The van der Waals surface area contributed by atoms with Gasteiger partial charge >= 0.3 is 0 Å². The van der Waals surface area contributed by atoms with Crippen LogP contribution in [0.2, 0.25) is 0 Å². The quantitative estimate of drug-likeness (QED) is 0.860. The van der Waals surface area contributed by atoms with Crippen molar-refractivity contribution in [3.05, 3.63) is 59.7 Å². The number of para-hydroxylation sites is 1. The van der Waals surface area contributed by atoms with Crippen LogP contribution in [-0.2, 0) is 21.4 Å². The third-order valence-corrected chi connectivity index (χ3v) is 5.77. The summed E-state index contributed by atoms with van der Waals surface area (Å²) in [5, 5.41) is 2.79. The number of methoxy groups -OCH3 is 1. The normalized spacial score (nSPS) is 15.7. The Labute approximate surface area is 151 Å². The highest BCUT2D eigenvalue weighted by Gasteiger charge is 2.36. The van der Waals surface area contributed by atoms with Crippen molar-refractivity contribution < 1.29 is 22.7 Å². The topological polar surface area (TPSA) is 92.8 Å². The van der Waals surface area contributed by atoms with E-state index in [1.807, 2.05) is 24.3 Å². The van der Waals surface area contributed by atoms with Gasteiger partial charge in [-0.1, -0.05) is 18.2 Å². The smallest absolute Gasteiger partial charge is 0.251 e. The van der Waals surface area contributed by atoms with Crippen molar-refractivity contribution in [2.75, 3.05) is 17.2 Å². The standard InChI is InChI=1S/C18H18N2O5S/c1-25-16-5-3-2-4-14(16)12-19-18(22)13-6-8-15(9-7-13)20-17(21)10-11-26(20,23)24/h2-9H,10-12H2,1H3,(H,19,22). The van der Waals surface area contributed by atoms with Gasteiger partial charge in [-0.05, 0) is 30.3 Å². The van der Waals surface area contributed by atoms with Gasteiger partial charge in [-0.3, -0.25) is 9.59 Å². The molecular weight excluding hydrogens is 356 g/mol. The van der Waals surface area contributed by atoms with Crippen LogP contribution < -0.4 is 14.4 Å². The molecule has 0 atom stereocenters. The predicted octanol–water partition coefficient (Wildman–Crippen LogP) is 1.69. The van der Waals surface area contributed by atoms with E-state index < -0.39 is 15.9 Å². The molecule has 2 aromatic carbocycles. The molecule has 0 aliphatic carbocycles. The van der Waals surface area contributed by atoms with Crippen LogP contribution >= 0.6 is 0 Å². The number of amides is 2. The molecule has 1 fully saturated rings. The van der Waals surface area contributed by atoms with Gasteiger partial charge in [0.2, 0.25) is 15.9 Å². The first-order valence-corrected chi connectivity index (χ1v) is 9.59. The van der Waals surface area contributed by atoms with Gasteiger partial charge in [-0.15, -0.1) is 0 Å². The molecule has 1 saturated heterocycles. The molecule has 0 aromatic heterocycles. The van der Waals surface area contributed by atoms with E-state index >= 15 is 0 Å². The number of carbonyl (C=O) groups is 2. The Morgan fingerprint density at radius 1 is 1.15 bits per heavy atom. The molecule has 8 heteroatoms. The first kappa shape index (κ1) is 17.9. The Bertz CT molecular complexity index is 938. The van der Waals surface area contributed by atoms with Crippen LogP contribution in [-0.4, -0.2) is 33.1 Å². The number of carbonyl (C=O) groups excluding carboxylic acids is 2. The highest BCUT2D eigenvalue weighted by atomic mass is 32.2. The molecule has 1 aliphatic heterocycles. The number of benzene rings is 2. The molecule has 0 bridgehead atoms. The zero-order chi connectivity index (χ0) is 18.7. The zero-order valence-corrected chi connectivity index (χ0v) is 15.0. The van der Waals surface area contributed by atoms with Gasteiger partial charge in [0.25, 0.3) is 5.91 Å². The Kier molecular flexibility index (Phi) is 4.94. The summed E-state index contributed by atoms with van der Waals surface area (Å²) in [5.41, 5.74) is 1.45. The Hall–Kier alpha value is -2.87. The molecule has 0 radical (unpaired) electrons. The summed E-state index contributed by atoms with van der Waals surface area (Å²) in [6, 6.07) is 13.3. The molecule has 2 aromatic rings. The molecule has 3 rings (SSSR count). The van der Waals surface area contributed by atoms with E-state index in [0.717, 1.165) is 9.87 Å². The maximum Gasteiger partial charge on any atom is 0.251 e. The van der Waals surface area contributed by atoms with E-state index in [1.165, 1.54) is 24.3 Å². The van der Waals surface area contributed by atoms with E-state index in [2.05, 4.69) is 5.32 Å². The lowest BCUT2D eigenvalue weighted by Gasteiger charge is -2.15. The summed E-state index contributed by atoms with van der Waals surface area (Å²) in [6.07, 6.45) is -0.0243. The van der Waals surface area contributed by atoms with E-state index in [1.54, 1.807) is 7.11 Å². The van der Waals surface area contributed by atoms with Crippen molar-refractivity contribution in [2.24, 2.45) is 0 Å². The Morgan fingerprint density at radius 2 is 1.85 bits per heavy atom. The summed E-state index contributed by atoms with van der Waals surface area (Å²) in [7, 11) is -2.04. The molecule has 26 heavy (non-hydrogen) atoms. The van der Waals surface area contributed by atoms with E-state index in [-0.39, 0.29) is 23.8 Å². The van der Waals surface area contributed by atoms with Crippen LogP contribution in [0.3, 0.4) is 0 Å². The molecule has 1 N–H and O–H groups in total. The fourth-order valence-corrected chi connectivity index (χ4v) is 4.20. The second kappa shape index (κ2) is 7.17. The van der Waals surface area contributed by atoms with Crippen molar-refractivity contribution in [1.29, 1.82) is 0 Å². The molecule has 1 aliphatic rings. The number of rotatable bonds is 5. The maximum atomic E-state index is 12.3. The first-order chi connectivity index (χ1) is 12.4. The Morgan fingerprint density at radius 3 is 2.46 bits per heavy atom. The molecule has 2 amide bonds. The second-order valence-corrected chi connectivity index (χ2v) is 7.70. The van der Waals surface area contributed by atoms with Gasteiger partial charge in [0, 0.05) is 24.1 Å². The molecule has 0 unspecified atom stereocenters. The maximum absolute atomic E-state index is 12.3. The lowest BCUT2D eigenvalue weighted by atomic mass is 10.1. The second-order valence-electron chi connectivity index (χ2n) is 5.77. The number of ether oxygens (including phenoxy) is 1. The number of nitrogens with zero attached hydrogens (tertiary/aromatic N) is 1. The van der Waals surface area contributed by atoms with Crippen LogP contribution in [0.25, 0.3) is 0 Å². The summed E-state index contributed by atoms with van der Waals surface area (Å²) < 4.78 is 29.9. The molecular formula is C18H18N2O5S. The van der Waals surface area contributed by atoms with Crippen molar-refractivity contribution in [1.82, 2.24) is 5.32 Å². The van der Waals surface area contributed by atoms with Crippen molar-refractivity contribution in [3.8, 4) is 5.75 Å². The van der Waals surface area contributed by atoms with Gasteiger partial charge in [0.05, 0.1) is 18.6 Å². The van der Waals surface area contributed by atoms with Gasteiger partial charge in [-0.2, -0.15) is 0 Å². The van der Waals surface area contributed by atoms with E-state index in [0.29, 0.717) is 17.9 Å². The summed E-state index contributed by atoms with van der Waals surface area (Å²) >= 11 is 0. The van der Waals surface area contributed by atoms with E-state index in [9.17, 15) is 18.0 Å². The molecule has 136 valence electrons. The summed E-state index contributed by atoms with van der Waals surface area (Å²) in [6.45, 7) is 0.295. The molecule has 0 spiro atoms. The highest BCUT2D eigenvalue weighted by Crippen LogP contribution is 2.25. The average molecular weight is 374 g/mol.